The number of hydrogen-bond acceptors (Lipinski definition) is 6. The number of amides is 2. The molecular formula is C26H37N3O4S. The van der Waals surface area contributed by atoms with Gasteiger partial charge in [-0.1, -0.05) is 49.0 Å². The summed E-state index contributed by atoms with van der Waals surface area (Å²) >= 11 is 1.14. The van der Waals surface area contributed by atoms with Crippen molar-refractivity contribution in [2.24, 2.45) is 4.99 Å². The Balaban J connectivity index is 0.000000546. The number of thioether (sulfide) groups is 1. The van der Waals surface area contributed by atoms with E-state index in [-0.39, 0.29) is 17.7 Å². The Hall–Kier alpha value is -2.84. The number of carbonyl (C=O) groups excluding carboxylic acids is 2. The van der Waals surface area contributed by atoms with Crippen LogP contribution in [0.25, 0.3) is 0 Å². The van der Waals surface area contributed by atoms with Crippen molar-refractivity contribution in [2.45, 2.75) is 53.3 Å². The summed E-state index contributed by atoms with van der Waals surface area (Å²) in [6.45, 7) is 12.5. The second kappa shape index (κ2) is 15.9. The lowest BCUT2D eigenvalue weighted by Crippen LogP contribution is -2.36. The number of aliphatic imine (C=N–C) groups is 1. The van der Waals surface area contributed by atoms with Crippen LogP contribution in [0.5, 0.6) is 5.75 Å². The molecule has 34 heavy (non-hydrogen) atoms. The van der Waals surface area contributed by atoms with Gasteiger partial charge in [0, 0.05) is 17.6 Å². The number of amidine groups is 1. The molecule has 2 amide bonds. The molecule has 0 saturated heterocycles. The van der Waals surface area contributed by atoms with Gasteiger partial charge < -0.3 is 14.8 Å². The fourth-order valence-corrected chi connectivity index (χ4v) is 3.56. The topological polar surface area (TPSA) is 80.2 Å². The minimum atomic E-state index is -0.761. The van der Waals surface area contributed by atoms with Crippen LogP contribution in [0.4, 0.5) is 4.79 Å². The number of rotatable bonds is 7. The number of hydrogen-bond donors (Lipinski definition) is 1. The molecule has 186 valence electrons. The normalized spacial score (nSPS) is 11.2. The third-order valence-corrected chi connectivity index (χ3v) is 5.44. The summed E-state index contributed by atoms with van der Waals surface area (Å²) in [6, 6.07) is 17.3. The Kier molecular flexibility index (Phi) is 13.7. The zero-order chi connectivity index (χ0) is 25.5. The highest BCUT2D eigenvalue weighted by molar-refractivity contribution is 8.13. The molecule has 0 bridgehead atoms. The van der Waals surface area contributed by atoms with E-state index in [0.717, 1.165) is 23.9 Å². The first-order chi connectivity index (χ1) is 16.2. The van der Waals surface area contributed by atoms with E-state index in [1.807, 2.05) is 30.3 Å². The maximum absolute atomic E-state index is 12.2. The molecule has 0 radical (unpaired) electrons. The van der Waals surface area contributed by atoms with Crippen LogP contribution < -0.4 is 10.1 Å². The maximum Gasteiger partial charge on any atom is 0.436 e. The molecule has 2 aromatic rings. The predicted molar refractivity (Wildman–Crippen MR) is 141 cm³/mol. The van der Waals surface area contributed by atoms with E-state index in [4.69, 9.17) is 9.47 Å². The van der Waals surface area contributed by atoms with Gasteiger partial charge in [0.05, 0.1) is 7.11 Å². The maximum atomic E-state index is 12.2. The summed E-state index contributed by atoms with van der Waals surface area (Å²) < 4.78 is 10.1. The molecule has 0 aliphatic carbocycles. The van der Waals surface area contributed by atoms with Crippen molar-refractivity contribution in [3.8, 4) is 5.75 Å². The van der Waals surface area contributed by atoms with Crippen LogP contribution in [0.3, 0.4) is 0 Å². The van der Waals surface area contributed by atoms with E-state index in [1.54, 1.807) is 37.6 Å². The van der Waals surface area contributed by atoms with Crippen LogP contribution in [0.15, 0.2) is 59.6 Å². The highest BCUT2D eigenvalue weighted by Gasteiger charge is 2.11. The molecule has 0 spiro atoms. The average Bonchev–Trinajstić information content (AvgIpc) is 2.83. The molecule has 0 saturated carbocycles. The first-order valence-electron chi connectivity index (χ1n) is 11.3. The van der Waals surface area contributed by atoms with Crippen molar-refractivity contribution >= 4 is 28.9 Å². The van der Waals surface area contributed by atoms with E-state index in [1.165, 1.54) is 0 Å². The Morgan fingerprint density at radius 3 is 2.03 bits per heavy atom. The van der Waals surface area contributed by atoms with E-state index >= 15 is 0 Å². The smallest absolute Gasteiger partial charge is 0.436 e. The molecule has 0 aromatic heterocycles. The fraction of sp³-hybridized carbons (Fsp3) is 0.423. The largest absolute Gasteiger partial charge is 0.497 e. The number of carbonyl (C=O) groups is 2. The van der Waals surface area contributed by atoms with Crippen molar-refractivity contribution in [3.63, 3.8) is 0 Å². The molecule has 7 nitrogen and oxygen atoms in total. The van der Waals surface area contributed by atoms with Gasteiger partial charge >= 0.3 is 6.09 Å². The van der Waals surface area contributed by atoms with Crippen LogP contribution >= 0.6 is 11.8 Å². The number of ether oxygens (including phenoxy) is 2. The lowest BCUT2D eigenvalue weighted by atomic mass is 10.2. The Labute approximate surface area is 207 Å². The number of nitrogens with zero attached hydrogens (tertiary/aromatic N) is 2. The molecule has 2 aromatic carbocycles. The van der Waals surface area contributed by atoms with Gasteiger partial charge in [-0.05, 0) is 70.3 Å². The lowest BCUT2D eigenvalue weighted by Gasteiger charge is -2.28. The molecule has 0 aliphatic rings. The molecule has 0 aliphatic heterocycles. The summed E-state index contributed by atoms with van der Waals surface area (Å²) in [7, 11) is 1.55. The minimum absolute atomic E-state index is 0.122. The number of nitrogens with one attached hydrogen (secondary N) is 1. The van der Waals surface area contributed by atoms with Crippen LogP contribution in [0, 0.1) is 0 Å². The summed E-state index contributed by atoms with van der Waals surface area (Å²) in [5.41, 5.74) is 1.29. The summed E-state index contributed by atoms with van der Waals surface area (Å²) in [5.74, 6) is 0.284. The first kappa shape index (κ1) is 29.2. The number of methoxy groups -OCH3 is 1. The summed E-state index contributed by atoms with van der Waals surface area (Å²) in [4.78, 5) is 30.2. The zero-order valence-corrected chi connectivity index (χ0v) is 22.0. The molecule has 0 fully saturated rings. The van der Waals surface area contributed by atoms with Gasteiger partial charge in [0.15, 0.2) is 5.17 Å². The molecular weight excluding hydrogens is 450 g/mol. The van der Waals surface area contributed by atoms with Gasteiger partial charge in [0.25, 0.3) is 5.91 Å². The van der Waals surface area contributed by atoms with E-state index in [0.29, 0.717) is 23.4 Å². The van der Waals surface area contributed by atoms with Crippen molar-refractivity contribution in [1.29, 1.82) is 0 Å². The van der Waals surface area contributed by atoms with Crippen LogP contribution in [0.2, 0.25) is 0 Å². The Morgan fingerprint density at radius 2 is 1.59 bits per heavy atom. The van der Waals surface area contributed by atoms with Gasteiger partial charge in [-0.2, -0.15) is 4.99 Å². The van der Waals surface area contributed by atoms with Crippen molar-refractivity contribution in [2.75, 3.05) is 19.9 Å². The fourth-order valence-electron chi connectivity index (χ4n) is 3.20. The summed E-state index contributed by atoms with van der Waals surface area (Å²) in [6.07, 6.45) is 0.945. The highest BCUT2D eigenvalue weighted by atomic mass is 32.2. The van der Waals surface area contributed by atoms with Gasteiger partial charge in [-0.15, -0.1) is 0 Å². The minimum Gasteiger partial charge on any atom is -0.497 e. The van der Waals surface area contributed by atoms with Crippen LogP contribution in [-0.4, -0.2) is 54.1 Å². The first-order valence-corrected chi connectivity index (χ1v) is 12.5. The lowest BCUT2D eigenvalue weighted by molar-refractivity contribution is 0.0978. The SMILES string of the molecule is CCN(C(C)C)C(C)C.COc1ccc(C(=O)NC(=NC(=O)OCc2ccccc2)SC)cc1. The highest BCUT2D eigenvalue weighted by Crippen LogP contribution is 2.11. The zero-order valence-electron chi connectivity index (χ0n) is 21.2. The third-order valence-electron chi connectivity index (χ3n) is 4.86. The third kappa shape index (κ3) is 10.9. The van der Waals surface area contributed by atoms with Gasteiger partial charge in [0.2, 0.25) is 0 Å². The monoisotopic (exact) mass is 487 g/mol. The van der Waals surface area contributed by atoms with Crippen LogP contribution in [-0.2, 0) is 11.3 Å². The van der Waals surface area contributed by atoms with E-state index in [9.17, 15) is 9.59 Å². The van der Waals surface area contributed by atoms with Crippen molar-refractivity contribution in [1.82, 2.24) is 10.2 Å². The second-order valence-corrected chi connectivity index (χ2v) is 8.66. The number of benzene rings is 2. The molecule has 0 atom stereocenters. The van der Waals surface area contributed by atoms with E-state index in [2.05, 4.69) is 49.8 Å². The van der Waals surface area contributed by atoms with Gasteiger partial charge in [-0.25, -0.2) is 4.79 Å². The van der Waals surface area contributed by atoms with Gasteiger partial charge in [0.1, 0.15) is 12.4 Å². The van der Waals surface area contributed by atoms with Crippen LogP contribution in [0.1, 0.15) is 50.5 Å². The average molecular weight is 488 g/mol. The van der Waals surface area contributed by atoms with Gasteiger partial charge in [-0.3, -0.25) is 9.69 Å². The quantitative estimate of drug-likeness (QED) is 0.404. The second-order valence-electron chi connectivity index (χ2n) is 7.86. The predicted octanol–water partition coefficient (Wildman–Crippen LogP) is 5.61. The van der Waals surface area contributed by atoms with Crippen molar-refractivity contribution < 1.29 is 19.1 Å². The molecule has 0 heterocycles. The van der Waals surface area contributed by atoms with Crippen molar-refractivity contribution in [3.05, 3.63) is 65.7 Å². The molecule has 0 unspecified atom stereocenters. The standard InChI is InChI=1S/C18H18N2O4S.C8H19N/c1-23-15-10-8-14(9-11-15)16(21)19-17(25-2)20-18(22)24-12-13-6-4-3-5-7-13;1-6-9(7(2)3)8(4)5/h3-11H,12H2,1-2H3,(H,19,20,21,22);7-8H,6H2,1-5H3. The van der Waals surface area contributed by atoms with E-state index < -0.39 is 6.09 Å². The Bertz CT molecular complexity index is 892. The molecule has 2 rings (SSSR count). The Morgan fingerprint density at radius 1 is 1.00 bits per heavy atom. The molecule has 8 heteroatoms. The summed E-state index contributed by atoms with van der Waals surface area (Å²) in [5, 5.41) is 2.75. The molecule has 1 N–H and O–H groups in total.